The van der Waals surface area contributed by atoms with Crippen molar-refractivity contribution in [2.45, 2.75) is 12.5 Å². The van der Waals surface area contributed by atoms with Crippen LogP contribution in [0.2, 0.25) is 0 Å². The van der Waals surface area contributed by atoms with E-state index in [0.717, 1.165) is 54.1 Å². The quantitative estimate of drug-likeness (QED) is 0.192. The minimum absolute atomic E-state index is 0.0870. The van der Waals surface area contributed by atoms with E-state index in [-0.39, 0.29) is 6.42 Å². The summed E-state index contributed by atoms with van der Waals surface area (Å²) in [6, 6.07) is 37.1. The third kappa shape index (κ3) is 4.88. The molecule has 0 spiro atoms. The van der Waals surface area contributed by atoms with Gasteiger partial charge in [0.2, 0.25) is 0 Å². The Morgan fingerprint density at radius 1 is 0.725 bits per heavy atom. The molecule has 6 nitrogen and oxygen atoms in total. The monoisotopic (exact) mass is 547 g/mol. The number of hydrogen-bond donors (Lipinski definition) is 2. The molecule has 6 aromatic rings. The number of anilines is 1. The summed E-state index contributed by atoms with van der Waals surface area (Å²) in [5.74, 6) is -1.18. The molecule has 198 valence electrons. The molecule has 0 aliphatic carbocycles. The molecule has 0 saturated heterocycles. The molecule has 5 aromatic carbocycles. The Bertz CT molecular complexity index is 1830. The van der Waals surface area contributed by atoms with Gasteiger partial charge in [-0.05, 0) is 40.5 Å². The summed E-state index contributed by atoms with van der Waals surface area (Å²) < 4.78 is 29.5. The second-order valence-corrected chi connectivity index (χ2v) is 10.4. The molecule has 2 atom stereocenters. The minimum Gasteiger partial charge on any atom is -0.480 e. The summed E-state index contributed by atoms with van der Waals surface area (Å²) in [6.07, 6.45) is 0.0870. The summed E-state index contributed by atoms with van der Waals surface area (Å²) in [5, 5.41) is 12.0. The van der Waals surface area contributed by atoms with Crippen LogP contribution in [0.3, 0.4) is 0 Å². The molecule has 40 heavy (non-hydrogen) atoms. The summed E-state index contributed by atoms with van der Waals surface area (Å²) in [7, 11) is 0. The van der Waals surface area contributed by atoms with Crippen molar-refractivity contribution in [3.63, 3.8) is 0 Å². The molecule has 0 amide bonds. The molecule has 0 bridgehead atoms. The van der Waals surface area contributed by atoms with E-state index in [1.807, 2.05) is 84.9 Å². The number of carboxylic acids is 1. The topological polar surface area (TPSA) is 91.0 Å². The van der Waals surface area contributed by atoms with Crippen molar-refractivity contribution in [1.82, 2.24) is 0 Å². The zero-order valence-electron chi connectivity index (χ0n) is 21.3. The molecule has 7 heteroatoms. The predicted octanol–water partition coefficient (Wildman–Crippen LogP) is 7.56. The lowest BCUT2D eigenvalue weighted by atomic mass is 9.98. The van der Waals surface area contributed by atoms with Crippen molar-refractivity contribution in [2.75, 3.05) is 4.31 Å². The first-order chi connectivity index (χ1) is 19.5. The molecule has 1 aromatic heterocycles. The number of carboxylic acid groups (broad SMARTS) is 1. The second-order valence-electron chi connectivity index (χ2n) is 9.50. The number of benzene rings is 5. The van der Waals surface area contributed by atoms with Crippen LogP contribution in [0.5, 0.6) is 0 Å². The second kappa shape index (κ2) is 10.8. The maximum Gasteiger partial charge on any atom is 0.327 e. The van der Waals surface area contributed by atoms with E-state index in [4.69, 9.17) is 4.42 Å². The van der Waals surface area contributed by atoms with Crippen molar-refractivity contribution in [3.8, 4) is 22.3 Å². The van der Waals surface area contributed by atoms with E-state index in [1.165, 1.54) is 0 Å². The molecule has 6 rings (SSSR count). The van der Waals surface area contributed by atoms with Crippen LogP contribution in [0.15, 0.2) is 126 Å². The van der Waals surface area contributed by atoms with Gasteiger partial charge in [0.25, 0.3) is 11.3 Å². The largest absolute Gasteiger partial charge is 0.480 e. The lowest BCUT2D eigenvalue weighted by Gasteiger charge is -2.27. The number of carbonyl (C=O) groups is 1. The van der Waals surface area contributed by atoms with Crippen LogP contribution in [0.4, 0.5) is 5.69 Å². The molecule has 0 radical (unpaired) electrons. The Hall–Kier alpha value is -4.72. The fourth-order valence-electron chi connectivity index (χ4n) is 5.10. The van der Waals surface area contributed by atoms with Crippen LogP contribution in [0.1, 0.15) is 5.56 Å². The van der Waals surface area contributed by atoms with Crippen LogP contribution in [-0.4, -0.2) is 25.9 Å². The number of furan rings is 1. The maximum absolute atomic E-state index is 12.3. The van der Waals surface area contributed by atoms with Crippen LogP contribution in [0.25, 0.3) is 44.2 Å². The first kappa shape index (κ1) is 25.6. The van der Waals surface area contributed by atoms with Gasteiger partial charge in [-0.1, -0.05) is 103 Å². The SMILES string of the molecule is O=C(O)C(Cc1ccccc1)N(c1ccc(-c2ccc(-c3cccc4c3oc3ccccc34)cc2)cc1)S(=O)O. The van der Waals surface area contributed by atoms with Crippen LogP contribution < -0.4 is 4.31 Å². The number of nitrogens with zero attached hydrogens (tertiary/aromatic N) is 1. The third-order valence-electron chi connectivity index (χ3n) is 7.06. The fraction of sp³-hybridized carbons (Fsp3) is 0.0606. The van der Waals surface area contributed by atoms with Gasteiger partial charge in [-0.25, -0.2) is 9.00 Å². The number of para-hydroxylation sites is 2. The Balaban J connectivity index is 1.28. The van der Waals surface area contributed by atoms with E-state index < -0.39 is 23.3 Å². The lowest BCUT2D eigenvalue weighted by molar-refractivity contribution is -0.138. The number of aliphatic carboxylic acids is 1. The van der Waals surface area contributed by atoms with Gasteiger partial charge in [0.1, 0.15) is 17.2 Å². The Morgan fingerprint density at radius 3 is 2.00 bits per heavy atom. The molecule has 0 saturated carbocycles. The number of hydrogen-bond acceptors (Lipinski definition) is 3. The summed E-state index contributed by atoms with van der Waals surface area (Å²) in [4.78, 5) is 12.1. The molecular formula is C33H25NO5S. The van der Waals surface area contributed by atoms with Crippen LogP contribution in [-0.2, 0) is 22.5 Å². The molecular weight excluding hydrogens is 522 g/mol. The van der Waals surface area contributed by atoms with Crippen LogP contribution >= 0.6 is 0 Å². The Morgan fingerprint density at radius 2 is 1.32 bits per heavy atom. The van der Waals surface area contributed by atoms with Gasteiger partial charge in [0.05, 0.1) is 5.69 Å². The molecule has 2 N–H and O–H groups in total. The van der Waals surface area contributed by atoms with Crippen molar-refractivity contribution < 1.29 is 23.1 Å². The van der Waals surface area contributed by atoms with Gasteiger partial charge in [-0.2, -0.15) is 0 Å². The highest BCUT2D eigenvalue weighted by atomic mass is 32.2. The van der Waals surface area contributed by atoms with Crippen LogP contribution in [0, 0.1) is 0 Å². The van der Waals surface area contributed by atoms with Gasteiger partial charge < -0.3 is 9.52 Å². The average Bonchev–Trinajstić information content (AvgIpc) is 3.37. The van der Waals surface area contributed by atoms with E-state index in [1.54, 1.807) is 24.3 Å². The van der Waals surface area contributed by atoms with Gasteiger partial charge >= 0.3 is 5.97 Å². The highest BCUT2D eigenvalue weighted by Gasteiger charge is 2.30. The maximum atomic E-state index is 12.3. The van der Waals surface area contributed by atoms with Gasteiger partial charge in [-0.3, -0.25) is 8.86 Å². The van der Waals surface area contributed by atoms with Gasteiger partial charge in [0, 0.05) is 22.8 Å². The van der Waals surface area contributed by atoms with Gasteiger partial charge in [-0.15, -0.1) is 0 Å². The van der Waals surface area contributed by atoms with Crippen molar-refractivity contribution in [3.05, 3.63) is 127 Å². The average molecular weight is 548 g/mol. The van der Waals surface area contributed by atoms with E-state index in [2.05, 4.69) is 12.1 Å². The highest BCUT2D eigenvalue weighted by Crippen LogP contribution is 2.36. The zero-order valence-corrected chi connectivity index (χ0v) is 22.1. The van der Waals surface area contributed by atoms with Crippen molar-refractivity contribution in [2.24, 2.45) is 0 Å². The molecule has 0 aliphatic heterocycles. The standard InChI is InChI=1S/C33H25NO5S/c35-33(36)30(21-22-7-2-1-3-8-22)34(40(37)38)26-19-17-24(18-20-26)23-13-15-25(16-14-23)27-10-6-11-29-28-9-4-5-12-31(28)39-32(27)29/h1-20,30H,21H2,(H,35,36)(H,37,38). The third-order valence-corrected chi connectivity index (χ3v) is 7.87. The fourth-order valence-corrected chi connectivity index (χ4v) is 5.79. The number of rotatable bonds is 8. The van der Waals surface area contributed by atoms with Crippen molar-refractivity contribution >= 4 is 44.9 Å². The first-order valence-electron chi connectivity index (χ1n) is 12.8. The zero-order chi connectivity index (χ0) is 27.6. The van der Waals surface area contributed by atoms with Gasteiger partial charge in [0.15, 0.2) is 0 Å². The van der Waals surface area contributed by atoms with E-state index >= 15 is 0 Å². The molecule has 2 unspecified atom stereocenters. The van der Waals surface area contributed by atoms with E-state index in [9.17, 15) is 18.7 Å². The normalized spacial score (nSPS) is 12.8. The summed E-state index contributed by atoms with van der Waals surface area (Å²) >= 11 is -2.53. The molecule has 1 heterocycles. The summed E-state index contributed by atoms with van der Waals surface area (Å²) in [5.41, 5.74) is 6.71. The lowest BCUT2D eigenvalue weighted by Crippen LogP contribution is -2.44. The predicted molar refractivity (Wildman–Crippen MR) is 159 cm³/mol. The first-order valence-corrected chi connectivity index (χ1v) is 13.8. The Kier molecular flexibility index (Phi) is 6.90. The minimum atomic E-state index is -2.53. The summed E-state index contributed by atoms with van der Waals surface area (Å²) in [6.45, 7) is 0. The smallest absolute Gasteiger partial charge is 0.327 e. The Labute approximate surface area is 233 Å². The highest BCUT2D eigenvalue weighted by molar-refractivity contribution is 7.80. The van der Waals surface area contributed by atoms with E-state index in [0.29, 0.717) is 5.69 Å². The molecule has 0 fully saturated rings. The molecule has 0 aliphatic rings. The van der Waals surface area contributed by atoms with Crippen molar-refractivity contribution in [1.29, 1.82) is 0 Å². The number of fused-ring (bicyclic) bond motifs is 3.